The van der Waals surface area contributed by atoms with Crippen LogP contribution in [0, 0.1) is 0 Å². The van der Waals surface area contributed by atoms with E-state index in [9.17, 15) is 35.4 Å². The third kappa shape index (κ3) is 4.61. The Hall–Kier alpha value is -2.95. The van der Waals surface area contributed by atoms with E-state index in [2.05, 4.69) is 0 Å². The Balaban J connectivity index is 1.91. The lowest BCUT2D eigenvalue weighted by atomic mass is 9.99. The average Bonchev–Trinajstić information content (AvgIpc) is 2.72. The minimum absolute atomic E-state index is 0.0467. The van der Waals surface area contributed by atoms with Crippen LogP contribution in [0.4, 0.5) is 0 Å². The van der Waals surface area contributed by atoms with Crippen molar-refractivity contribution in [2.75, 3.05) is 6.61 Å². The molecular weight excluding hydrogens is 396 g/mol. The Labute approximate surface area is 171 Å². The van der Waals surface area contributed by atoms with Gasteiger partial charge in [0.2, 0.25) is 6.29 Å². The first-order chi connectivity index (χ1) is 14.3. The maximum Gasteiger partial charge on any atom is 0.340 e. The molecule has 3 rings (SSSR count). The second-order valence-corrected chi connectivity index (χ2v) is 6.77. The number of ether oxygens (including phenoxy) is 2. The summed E-state index contributed by atoms with van der Waals surface area (Å²) in [4.78, 5) is 11.6. The van der Waals surface area contributed by atoms with Gasteiger partial charge in [0, 0.05) is 6.07 Å². The lowest BCUT2D eigenvalue weighted by Crippen LogP contribution is -2.60. The number of aliphatic hydroxyl groups is 4. The van der Waals surface area contributed by atoms with Crippen LogP contribution in [0.25, 0.3) is 12.2 Å². The molecular formula is C21H22O9. The van der Waals surface area contributed by atoms with Gasteiger partial charge in [-0.25, -0.2) is 4.79 Å². The first-order valence-corrected chi connectivity index (χ1v) is 9.12. The van der Waals surface area contributed by atoms with E-state index >= 15 is 0 Å². The molecule has 0 saturated carbocycles. The molecule has 0 bridgehead atoms. The van der Waals surface area contributed by atoms with Crippen LogP contribution in [0.1, 0.15) is 21.5 Å². The van der Waals surface area contributed by atoms with E-state index < -0.39 is 49.0 Å². The monoisotopic (exact) mass is 418 g/mol. The van der Waals surface area contributed by atoms with E-state index in [4.69, 9.17) is 9.47 Å². The largest absolute Gasteiger partial charge is 0.507 e. The van der Waals surface area contributed by atoms with Gasteiger partial charge in [0.15, 0.2) is 0 Å². The van der Waals surface area contributed by atoms with Gasteiger partial charge in [-0.15, -0.1) is 0 Å². The predicted octanol–water partition coefficient (Wildman–Crippen LogP) is 0.439. The van der Waals surface area contributed by atoms with Crippen molar-refractivity contribution in [2.45, 2.75) is 30.7 Å². The molecule has 2 aromatic carbocycles. The number of phenols is 1. The molecule has 6 N–H and O–H groups in total. The first-order valence-electron chi connectivity index (χ1n) is 9.12. The van der Waals surface area contributed by atoms with Crippen molar-refractivity contribution in [3.05, 3.63) is 59.2 Å². The summed E-state index contributed by atoms with van der Waals surface area (Å²) in [6.45, 7) is -0.626. The number of hydrogen-bond acceptors (Lipinski definition) is 8. The smallest absolute Gasteiger partial charge is 0.340 e. The highest BCUT2D eigenvalue weighted by Gasteiger charge is 2.44. The number of rotatable bonds is 6. The van der Waals surface area contributed by atoms with Gasteiger partial charge in [-0.3, -0.25) is 0 Å². The summed E-state index contributed by atoms with van der Waals surface area (Å²) in [5.41, 5.74) is 0.586. The highest BCUT2D eigenvalue weighted by molar-refractivity contribution is 5.96. The van der Waals surface area contributed by atoms with Crippen molar-refractivity contribution in [3.63, 3.8) is 0 Å². The quantitative estimate of drug-likeness (QED) is 0.366. The third-order valence-corrected chi connectivity index (χ3v) is 4.69. The second kappa shape index (κ2) is 9.24. The molecule has 0 radical (unpaired) electrons. The summed E-state index contributed by atoms with van der Waals surface area (Å²) in [7, 11) is 0. The molecule has 0 unspecified atom stereocenters. The van der Waals surface area contributed by atoms with Gasteiger partial charge in [-0.05, 0) is 17.2 Å². The van der Waals surface area contributed by atoms with Crippen LogP contribution in [0.3, 0.4) is 0 Å². The number of aromatic hydroxyl groups is 1. The minimum atomic E-state index is -1.65. The summed E-state index contributed by atoms with van der Waals surface area (Å²) in [5.74, 6) is -1.97. The first kappa shape index (κ1) is 21.8. The van der Waals surface area contributed by atoms with Crippen molar-refractivity contribution in [2.24, 2.45) is 0 Å². The van der Waals surface area contributed by atoms with E-state index in [1.165, 1.54) is 12.1 Å². The molecule has 30 heavy (non-hydrogen) atoms. The molecule has 0 amide bonds. The Morgan fingerprint density at radius 2 is 1.73 bits per heavy atom. The van der Waals surface area contributed by atoms with Crippen LogP contribution < -0.4 is 4.74 Å². The number of carboxylic acids is 1. The van der Waals surface area contributed by atoms with Crippen molar-refractivity contribution < 1.29 is 44.9 Å². The highest BCUT2D eigenvalue weighted by Crippen LogP contribution is 2.32. The lowest BCUT2D eigenvalue weighted by Gasteiger charge is -2.39. The molecule has 1 heterocycles. The number of hydrogen-bond donors (Lipinski definition) is 6. The van der Waals surface area contributed by atoms with E-state index in [0.717, 1.165) is 11.6 Å². The normalized spacial score (nSPS) is 26.6. The zero-order valence-electron chi connectivity index (χ0n) is 15.7. The molecule has 5 atom stereocenters. The lowest BCUT2D eigenvalue weighted by molar-refractivity contribution is -0.277. The fourth-order valence-corrected chi connectivity index (χ4v) is 3.10. The topological polar surface area (TPSA) is 157 Å². The summed E-state index contributed by atoms with van der Waals surface area (Å²) >= 11 is 0. The maximum atomic E-state index is 11.6. The summed E-state index contributed by atoms with van der Waals surface area (Å²) in [6.07, 6.45) is -4.33. The molecule has 1 aliphatic rings. The van der Waals surface area contributed by atoms with Gasteiger partial charge in [-0.1, -0.05) is 42.5 Å². The van der Waals surface area contributed by atoms with Crippen molar-refractivity contribution in [1.29, 1.82) is 0 Å². The highest BCUT2D eigenvalue weighted by atomic mass is 16.7. The maximum absolute atomic E-state index is 11.6. The number of carbonyl (C=O) groups is 1. The fraction of sp³-hybridized carbons (Fsp3) is 0.286. The van der Waals surface area contributed by atoms with Gasteiger partial charge in [-0.2, -0.15) is 0 Å². The molecule has 160 valence electrons. The average molecular weight is 418 g/mol. The molecule has 0 aliphatic carbocycles. The Kier molecular flexibility index (Phi) is 6.70. The Morgan fingerprint density at radius 1 is 1.03 bits per heavy atom. The van der Waals surface area contributed by atoms with Crippen LogP contribution in [0.2, 0.25) is 0 Å². The van der Waals surface area contributed by atoms with Gasteiger partial charge < -0.3 is 40.1 Å². The molecule has 1 aliphatic heterocycles. The summed E-state index contributed by atoms with van der Waals surface area (Å²) in [6, 6.07) is 11.4. The van der Waals surface area contributed by atoms with Crippen molar-refractivity contribution >= 4 is 18.1 Å². The van der Waals surface area contributed by atoms with E-state index in [1.54, 1.807) is 6.08 Å². The van der Waals surface area contributed by atoms with Crippen LogP contribution in [-0.2, 0) is 4.74 Å². The van der Waals surface area contributed by atoms with Crippen molar-refractivity contribution in [3.8, 4) is 11.5 Å². The second-order valence-electron chi connectivity index (χ2n) is 6.77. The molecule has 9 heteroatoms. The summed E-state index contributed by atoms with van der Waals surface area (Å²) < 4.78 is 10.8. The van der Waals surface area contributed by atoms with Crippen LogP contribution in [0.5, 0.6) is 11.5 Å². The summed E-state index contributed by atoms with van der Waals surface area (Å²) in [5, 5.41) is 58.7. The van der Waals surface area contributed by atoms with Gasteiger partial charge in [0.05, 0.1) is 6.61 Å². The molecule has 0 aromatic heterocycles. The fourth-order valence-electron chi connectivity index (χ4n) is 3.10. The Morgan fingerprint density at radius 3 is 2.37 bits per heavy atom. The van der Waals surface area contributed by atoms with Crippen LogP contribution in [-0.4, -0.2) is 73.9 Å². The molecule has 0 spiro atoms. The SMILES string of the molecule is O=C(O)c1c(O)cc(O[C@@H]2O[C@H](CO)[C@@H](O)[C@H](O)[C@H]2O)cc1/C=C/c1ccccc1. The predicted molar refractivity (Wildman–Crippen MR) is 105 cm³/mol. The van der Waals surface area contributed by atoms with Gasteiger partial charge in [0.25, 0.3) is 0 Å². The van der Waals surface area contributed by atoms with Crippen LogP contribution >= 0.6 is 0 Å². The van der Waals surface area contributed by atoms with E-state index in [-0.39, 0.29) is 16.9 Å². The van der Waals surface area contributed by atoms with E-state index in [1.807, 2.05) is 30.3 Å². The molecule has 1 fully saturated rings. The zero-order valence-corrected chi connectivity index (χ0v) is 15.7. The Bertz CT molecular complexity index is 910. The number of aliphatic hydroxyl groups excluding tert-OH is 4. The van der Waals surface area contributed by atoms with Crippen LogP contribution in [0.15, 0.2) is 42.5 Å². The molecule has 1 saturated heterocycles. The standard InChI is InChI=1S/C21H22O9/c22-10-15-17(24)18(25)19(26)21(30-15)29-13-8-12(16(20(27)28)14(23)9-13)7-6-11-4-2-1-3-5-11/h1-9,15,17-19,21-26H,10H2,(H,27,28)/b7-6+/t15-,17-,18+,19-,21-/m1/s1. The zero-order chi connectivity index (χ0) is 21.8. The molecule has 9 nitrogen and oxygen atoms in total. The number of aromatic carboxylic acids is 1. The van der Waals surface area contributed by atoms with Gasteiger partial charge in [0.1, 0.15) is 41.5 Å². The minimum Gasteiger partial charge on any atom is -0.507 e. The third-order valence-electron chi connectivity index (χ3n) is 4.69. The van der Waals surface area contributed by atoms with Crippen molar-refractivity contribution in [1.82, 2.24) is 0 Å². The number of carboxylic acid groups (broad SMARTS) is 1. The van der Waals surface area contributed by atoms with E-state index in [0.29, 0.717) is 0 Å². The molecule has 2 aromatic rings. The van der Waals surface area contributed by atoms with Gasteiger partial charge >= 0.3 is 5.97 Å². The number of benzene rings is 2.